The first-order valence-electron chi connectivity index (χ1n) is 11.7. The molecule has 0 spiro atoms. The first kappa shape index (κ1) is 26.5. The Kier molecular flexibility index (Phi) is 9.14. The van der Waals surface area contributed by atoms with Gasteiger partial charge in [0.25, 0.3) is 0 Å². The smallest absolute Gasteiger partial charge is 0.243 e. The van der Waals surface area contributed by atoms with Gasteiger partial charge in [0.1, 0.15) is 23.4 Å². The van der Waals surface area contributed by atoms with E-state index in [2.05, 4.69) is 10.6 Å². The predicted octanol–water partition coefficient (Wildman–Crippen LogP) is 3.61. The molecule has 7 nitrogen and oxygen atoms in total. The summed E-state index contributed by atoms with van der Waals surface area (Å²) in [6.45, 7) is 5.45. The molecular formula is C26H32FN3O4S. The number of rotatable bonds is 9. The molecule has 1 fully saturated rings. The Morgan fingerprint density at radius 2 is 1.71 bits per heavy atom. The van der Waals surface area contributed by atoms with Crippen LogP contribution in [0, 0.1) is 19.7 Å². The van der Waals surface area contributed by atoms with Gasteiger partial charge in [-0.3, -0.25) is 23.5 Å². The van der Waals surface area contributed by atoms with Gasteiger partial charge in [0.2, 0.25) is 17.7 Å². The van der Waals surface area contributed by atoms with Crippen LogP contribution >= 0.6 is 0 Å². The van der Waals surface area contributed by atoms with Crippen molar-refractivity contribution < 1.29 is 23.0 Å². The van der Waals surface area contributed by atoms with E-state index in [0.717, 1.165) is 36.8 Å². The molecule has 1 saturated carbocycles. The topological polar surface area (TPSA) is 95.6 Å². The monoisotopic (exact) mass is 501 g/mol. The van der Waals surface area contributed by atoms with E-state index >= 15 is 0 Å². The van der Waals surface area contributed by atoms with Crippen molar-refractivity contribution in [3.05, 3.63) is 59.4 Å². The van der Waals surface area contributed by atoms with Gasteiger partial charge in [-0.05, 0) is 75.1 Å². The van der Waals surface area contributed by atoms with E-state index in [-0.39, 0.29) is 11.9 Å². The average Bonchev–Trinajstić information content (AvgIpc) is 3.31. The van der Waals surface area contributed by atoms with E-state index in [1.807, 2.05) is 26.0 Å². The Hall–Kier alpha value is -3.07. The lowest BCUT2D eigenvalue weighted by Crippen LogP contribution is -2.51. The van der Waals surface area contributed by atoms with Crippen LogP contribution < -0.4 is 15.5 Å². The van der Waals surface area contributed by atoms with E-state index in [9.17, 15) is 23.0 Å². The molecule has 2 aromatic carbocycles. The number of carbonyl (C=O) groups excluding carboxylic acids is 3. The molecule has 3 amide bonds. The van der Waals surface area contributed by atoms with Gasteiger partial charge in [0, 0.05) is 28.2 Å². The molecule has 0 aliphatic heterocycles. The number of nitrogens with zero attached hydrogens (tertiary/aromatic N) is 1. The van der Waals surface area contributed by atoms with Crippen LogP contribution in [0.1, 0.15) is 43.7 Å². The number of hydrogen-bond donors (Lipinski definition) is 2. The lowest BCUT2D eigenvalue weighted by molar-refractivity contribution is -0.125. The molecule has 3 rings (SSSR count). The minimum Gasteiger partial charge on any atom is -0.352 e. The zero-order chi connectivity index (χ0) is 25.5. The van der Waals surface area contributed by atoms with Crippen LogP contribution in [0.2, 0.25) is 0 Å². The van der Waals surface area contributed by atoms with Crippen molar-refractivity contribution in [2.45, 2.75) is 58.5 Å². The molecule has 9 heteroatoms. The summed E-state index contributed by atoms with van der Waals surface area (Å²) < 4.78 is 25.8. The maximum atomic E-state index is 13.4. The highest BCUT2D eigenvalue weighted by atomic mass is 32.2. The van der Waals surface area contributed by atoms with Gasteiger partial charge < -0.3 is 10.6 Å². The number of benzene rings is 2. The molecule has 0 heterocycles. The molecular weight excluding hydrogens is 469 g/mol. The van der Waals surface area contributed by atoms with Gasteiger partial charge >= 0.3 is 0 Å². The summed E-state index contributed by atoms with van der Waals surface area (Å²) in [7, 11) is -1.81. The Morgan fingerprint density at radius 3 is 2.37 bits per heavy atom. The zero-order valence-electron chi connectivity index (χ0n) is 20.3. The van der Waals surface area contributed by atoms with Crippen LogP contribution in [0.4, 0.5) is 15.8 Å². The maximum Gasteiger partial charge on any atom is 0.243 e. The predicted molar refractivity (Wildman–Crippen MR) is 136 cm³/mol. The molecule has 188 valence electrons. The lowest BCUT2D eigenvalue weighted by Gasteiger charge is -2.31. The third kappa shape index (κ3) is 7.21. The highest BCUT2D eigenvalue weighted by Crippen LogP contribution is 2.26. The SMILES string of the molecule is Cc1cccc(N(C(=O)C[S@](=O)CC(=O)Nc2ccc(F)cc2)[C@H](C)C(=O)NC2CCCC2)c1C. The summed E-state index contributed by atoms with van der Waals surface area (Å²) in [5.74, 6) is -2.55. The Labute approximate surface area is 207 Å². The van der Waals surface area contributed by atoms with Gasteiger partial charge in [-0.25, -0.2) is 4.39 Å². The second kappa shape index (κ2) is 12.1. The van der Waals surface area contributed by atoms with Crippen LogP contribution in [0.25, 0.3) is 0 Å². The summed E-state index contributed by atoms with van der Waals surface area (Å²) in [6, 6.07) is 9.99. The summed E-state index contributed by atoms with van der Waals surface area (Å²) in [5, 5.41) is 5.58. The van der Waals surface area contributed by atoms with E-state index in [0.29, 0.717) is 11.4 Å². The first-order chi connectivity index (χ1) is 16.7. The Balaban J connectivity index is 1.72. The van der Waals surface area contributed by atoms with Gasteiger partial charge in [-0.1, -0.05) is 25.0 Å². The normalized spacial score (nSPS) is 15.3. The molecule has 2 N–H and O–H groups in total. The van der Waals surface area contributed by atoms with Crippen molar-refractivity contribution in [3.63, 3.8) is 0 Å². The van der Waals surface area contributed by atoms with Crippen LogP contribution in [0.15, 0.2) is 42.5 Å². The first-order valence-corrected chi connectivity index (χ1v) is 13.2. The van der Waals surface area contributed by atoms with Crippen molar-refractivity contribution in [2.75, 3.05) is 21.7 Å². The van der Waals surface area contributed by atoms with E-state index < -0.39 is 46.0 Å². The summed E-state index contributed by atoms with van der Waals surface area (Å²) in [4.78, 5) is 40.1. The van der Waals surface area contributed by atoms with Gasteiger partial charge in [0.05, 0.1) is 0 Å². The standard InChI is InChI=1S/C26H32FN3O4S/c1-17-7-6-10-23(18(17)2)30(19(3)26(33)29-21-8-4-5-9-21)25(32)16-35(34)15-24(31)28-22-13-11-20(27)12-14-22/h6-7,10-14,19,21H,4-5,8-9,15-16H2,1-3H3,(H,28,31)(H,29,33)/t19-,35-/m1/s1. The minimum absolute atomic E-state index is 0.102. The van der Waals surface area contributed by atoms with Crippen molar-refractivity contribution in [3.8, 4) is 0 Å². The van der Waals surface area contributed by atoms with Gasteiger partial charge in [-0.15, -0.1) is 0 Å². The number of halogens is 1. The minimum atomic E-state index is -1.81. The molecule has 35 heavy (non-hydrogen) atoms. The number of amides is 3. The number of hydrogen-bond acceptors (Lipinski definition) is 4. The fourth-order valence-electron chi connectivity index (χ4n) is 4.20. The van der Waals surface area contributed by atoms with Crippen LogP contribution in [-0.2, 0) is 25.2 Å². The molecule has 1 aliphatic rings. The number of carbonyl (C=O) groups is 3. The van der Waals surface area contributed by atoms with Gasteiger partial charge in [-0.2, -0.15) is 0 Å². The fraction of sp³-hybridized carbons (Fsp3) is 0.423. The largest absolute Gasteiger partial charge is 0.352 e. The Morgan fingerprint density at radius 1 is 1.06 bits per heavy atom. The van der Waals surface area contributed by atoms with E-state index in [4.69, 9.17) is 0 Å². The molecule has 0 unspecified atom stereocenters. The highest BCUT2D eigenvalue weighted by molar-refractivity contribution is 7.86. The maximum absolute atomic E-state index is 13.4. The van der Waals surface area contributed by atoms with Crippen molar-refractivity contribution >= 4 is 39.9 Å². The quantitative estimate of drug-likeness (QED) is 0.549. The number of nitrogens with one attached hydrogen (secondary N) is 2. The lowest BCUT2D eigenvalue weighted by atomic mass is 10.1. The summed E-state index contributed by atoms with van der Waals surface area (Å²) in [5.41, 5.74) is 2.76. The highest BCUT2D eigenvalue weighted by Gasteiger charge is 2.31. The van der Waals surface area contributed by atoms with Crippen LogP contribution in [-0.4, -0.2) is 45.5 Å². The molecule has 0 aromatic heterocycles. The molecule has 0 radical (unpaired) electrons. The number of aryl methyl sites for hydroxylation is 1. The fourth-order valence-corrected chi connectivity index (χ4v) is 5.08. The van der Waals surface area contributed by atoms with Crippen molar-refractivity contribution in [1.82, 2.24) is 5.32 Å². The molecule has 1 aliphatic carbocycles. The van der Waals surface area contributed by atoms with E-state index in [1.165, 1.54) is 29.2 Å². The third-order valence-corrected chi connectivity index (χ3v) is 7.43. The molecule has 2 aromatic rings. The summed E-state index contributed by atoms with van der Waals surface area (Å²) in [6.07, 6.45) is 3.97. The molecule has 0 saturated heterocycles. The second-order valence-corrected chi connectivity index (χ2v) is 10.4. The Bertz CT molecular complexity index is 1100. The third-order valence-electron chi connectivity index (χ3n) is 6.28. The second-order valence-electron chi connectivity index (χ2n) is 8.93. The van der Waals surface area contributed by atoms with Crippen molar-refractivity contribution in [1.29, 1.82) is 0 Å². The number of anilines is 2. The van der Waals surface area contributed by atoms with Crippen LogP contribution in [0.5, 0.6) is 0 Å². The molecule has 2 atom stereocenters. The van der Waals surface area contributed by atoms with Gasteiger partial charge in [0.15, 0.2) is 0 Å². The van der Waals surface area contributed by atoms with E-state index in [1.54, 1.807) is 13.0 Å². The zero-order valence-corrected chi connectivity index (χ0v) is 21.1. The van der Waals surface area contributed by atoms with Crippen LogP contribution in [0.3, 0.4) is 0 Å². The summed E-state index contributed by atoms with van der Waals surface area (Å²) >= 11 is 0. The average molecular weight is 502 g/mol. The van der Waals surface area contributed by atoms with Crippen molar-refractivity contribution in [2.24, 2.45) is 0 Å². The molecule has 0 bridgehead atoms.